The zero-order chi connectivity index (χ0) is 25.7. The number of halogens is 2. The van der Waals surface area contributed by atoms with Gasteiger partial charge >= 0.3 is 6.03 Å². The Bertz CT molecular complexity index is 1360. The Morgan fingerprint density at radius 2 is 1.65 bits per heavy atom. The monoisotopic (exact) mass is 633 g/mol. The molecule has 37 heavy (non-hydrogen) atoms. The highest BCUT2D eigenvalue weighted by atomic mass is 127. The number of benzene rings is 3. The highest BCUT2D eigenvalue weighted by molar-refractivity contribution is 14.1. The average molecular weight is 634 g/mol. The third-order valence-electron chi connectivity index (χ3n) is 5.45. The molecule has 2 N–H and O–H groups in total. The Morgan fingerprint density at radius 1 is 0.973 bits per heavy atom. The zero-order valence-electron chi connectivity index (χ0n) is 21.0. The van der Waals surface area contributed by atoms with E-state index in [1.54, 1.807) is 6.92 Å². The van der Waals surface area contributed by atoms with Crippen LogP contribution in [0.3, 0.4) is 0 Å². The second-order valence-electron chi connectivity index (χ2n) is 8.62. The Labute approximate surface area is 236 Å². The zero-order valence-corrected chi connectivity index (χ0v) is 24.0. The predicted octanol–water partition coefficient (Wildman–Crippen LogP) is 6.63. The van der Waals surface area contributed by atoms with Gasteiger partial charge in [-0.2, -0.15) is 4.98 Å². The first kappa shape index (κ1) is 28.4. The number of aryl methyl sites for hydroxylation is 2. The third kappa shape index (κ3) is 7.67. The maximum atomic E-state index is 12.6. The van der Waals surface area contributed by atoms with Crippen molar-refractivity contribution in [3.63, 3.8) is 0 Å². The van der Waals surface area contributed by atoms with Crippen molar-refractivity contribution in [2.24, 2.45) is 0 Å². The summed E-state index contributed by atoms with van der Waals surface area (Å²) in [6.07, 6.45) is 0. The molecule has 4 rings (SSSR count). The maximum absolute atomic E-state index is 12.6. The fourth-order valence-electron chi connectivity index (χ4n) is 3.60. The van der Waals surface area contributed by atoms with E-state index < -0.39 is 0 Å². The molecule has 0 bridgehead atoms. The molecule has 194 valence electrons. The van der Waals surface area contributed by atoms with E-state index in [1.165, 1.54) is 0 Å². The summed E-state index contributed by atoms with van der Waals surface area (Å²) in [5.41, 5.74) is 5.50. The van der Waals surface area contributed by atoms with E-state index in [1.807, 2.05) is 81.7 Å². The van der Waals surface area contributed by atoms with Crippen LogP contribution in [0.5, 0.6) is 5.75 Å². The molecule has 2 amide bonds. The normalized spacial score (nSPS) is 10.6. The summed E-state index contributed by atoms with van der Waals surface area (Å²) in [5.74, 6) is 1.86. The van der Waals surface area contributed by atoms with Crippen molar-refractivity contribution in [1.82, 2.24) is 15.0 Å². The van der Waals surface area contributed by atoms with E-state index in [9.17, 15) is 4.79 Å². The first-order chi connectivity index (χ1) is 17.3. The number of hydrogen-bond acceptors (Lipinski definition) is 6. The Kier molecular flexibility index (Phi) is 9.90. The minimum Gasteiger partial charge on any atom is -0.491 e. The molecule has 0 saturated carbocycles. The number of likely N-dealkylation sites (N-methyl/N-ethyl adjacent to an activating group) is 1. The van der Waals surface area contributed by atoms with E-state index >= 15 is 0 Å². The van der Waals surface area contributed by atoms with E-state index in [0.717, 1.165) is 38.1 Å². The molecule has 1 aromatic heterocycles. The van der Waals surface area contributed by atoms with Gasteiger partial charge in [-0.15, -0.1) is 12.4 Å². The van der Waals surface area contributed by atoms with Crippen molar-refractivity contribution in [3.8, 4) is 28.3 Å². The summed E-state index contributed by atoms with van der Waals surface area (Å²) in [4.78, 5) is 18.9. The fourth-order valence-corrected chi connectivity index (χ4v) is 4.09. The molecule has 3 aromatic carbocycles. The highest BCUT2D eigenvalue weighted by Crippen LogP contribution is 2.29. The quantitative estimate of drug-likeness (QED) is 0.212. The van der Waals surface area contributed by atoms with Gasteiger partial charge in [0.1, 0.15) is 12.4 Å². The van der Waals surface area contributed by atoms with Gasteiger partial charge in [-0.3, -0.25) is 0 Å². The van der Waals surface area contributed by atoms with Gasteiger partial charge in [0.2, 0.25) is 11.7 Å². The number of nitrogens with zero attached hydrogens (tertiary/aromatic N) is 3. The number of aromatic nitrogens is 2. The highest BCUT2D eigenvalue weighted by Gasteiger charge is 2.10. The summed E-state index contributed by atoms with van der Waals surface area (Å²) in [7, 11) is 4.00. The molecule has 0 aliphatic carbocycles. The topological polar surface area (TPSA) is 92.5 Å². The van der Waals surface area contributed by atoms with Crippen LogP contribution < -0.4 is 15.4 Å². The van der Waals surface area contributed by atoms with Crippen LogP contribution in [0.2, 0.25) is 0 Å². The molecule has 4 aromatic rings. The molecular formula is C27H29ClIN5O3. The molecule has 0 radical (unpaired) electrons. The van der Waals surface area contributed by atoms with Crippen LogP contribution in [0, 0.1) is 17.4 Å². The van der Waals surface area contributed by atoms with E-state index in [0.29, 0.717) is 29.7 Å². The summed E-state index contributed by atoms with van der Waals surface area (Å²) < 4.78 is 11.9. The van der Waals surface area contributed by atoms with Crippen LogP contribution >= 0.6 is 35.0 Å². The number of hydrogen-bond donors (Lipinski definition) is 2. The van der Waals surface area contributed by atoms with Crippen LogP contribution in [0.25, 0.3) is 22.5 Å². The number of carbonyl (C=O) groups is 1. The Balaban J connectivity index is 0.00000380. The summed E-state index contributed by atoms with van der Waals surface area (Å²) >= 11 is 2.22. The van der Waals surface area contributed by atoms with Gasteiger partial charge in [0, 0.05) is 36.5 Å². The van der Waals surface area contributed by atoms with Gasteiger partial charge in [0.05, 0.1) is 3.57 Å². The lowest BCUT2D eigenvalue weighted by Gasteiger charge is -2.14. The standard InChI is InChI=1S/C27H28IN5O3.ClH/c1-17-15-20(26-29-18(2)36-32-26)7-11-23(17)19-5-8-21(9-6-19)30-27(34)31-22-10-12-24(28)25(16-22)35-14-13-33(3)4;/h5-12,15-16H,13-14H2,1-4H3,(H2,30,31,34);1H. The first-order valence-corrected chi connectivity index (χ1v) is 12.5. The van der Waals surface area contributed by atoms with Gasteiger partial charge in [0.25, 0.3) is 0 Å². The van der Waals surface area contributed by atoms with E-state index in [2.05, 4.69) is 48.3 Å². The van der Waals surface area contributed by atoms with Crippen LogP contribution in [0.4, 0.5) is 16.2 Å². The summed E-state index contributed by atoms with van der Waals surface area (Å²) in [6.45, 7) is 5.20. The summed E-state index contributed by atoms with van der Waals surface area (Å²) in [5, 5.41) is 9.74. The minimum atomic E-state index is -0.320. The number of carbonyl (C=O) groups excluding carboxylic acids is 1. The van der Waals surface area contributed by atoms with Gasteiger partial charge in [-0.05, 0) is 90.6 Å². The van der Waals surface area contributed by atoms with Crippen molar-refractivity contribution in [2.75, 3.05) is 37.9 Å². The van der Waals surface area contributed by atoms with Crippen LogP contribution in [0.15, 0.2) is 65.2 Å². The number of ether oxygens (including phenoxy) is 1. The molecule has 0 spiro atoms. The molecule has 10 heteroatoms. The number of rotatable bonds is 8. The molecule has 0 fully saturated rings. The van der Waals surface area contributed by atoms with Crippen molar-refractivity contribution in [3.05, 3.63) is 75.7 Å². The van der Waals surface area contributed by atoms with Gasteiger partial charge in [-0.25, -0.2) is 4.79 Å². The minimum absolute atomic E-state index is 0. The second kappa shape index (κ2) is 12.9. The lowest BCUT2D eigenvalue weighted by molar-refractivity contribution is 0.260. The van der Waals surface area contributed by atoms with Crippen LogP contribution in [-0.2, 0) is 0 Å². The first-order valence-electron chi connectivity index (χ1n) is 11.5. The SMILES string of the molecule is Cc1nc(-c2ccc(-c3ccc(NC(=O)Nc4ccc(I)c(OCCN(C)C)c4)cc3)c(C)c2)no1.Cl. The molecule has 0 aliphatic heterocycles. The van der Waals surface area contributed by atoms with E-state index in [4.69, 9.17) is 9.26 Å². The van der Waals surface area contributed by atoms with Crippen molar-refractivity contribution in [2.45, 2.75) is 13.8 Å². The average Bonchev–Trinajstić information content (AvgIpc) is 3.28. The van der Waals surface area contributed by atoms with Gasteiger partial charge in [0.15, 0.2) is 0 Å². The van der Waals surface area contributed by atoms with Crippen molar-refractivity contribution >= 4 is 52.4 Å². The predicted molar refractivity (Wildman–Crippen MR) is 158 cm³/mol. The van der Waals surface area contributed by atoms with E-state index in [-0.39, 0.29) is 18.4 Å². The van der Waals surface area contributed by atoms with Crippen LogP contribution in [-0.4, -0.2) is 48.3 Å². The van der Waals surface area contributed by atoms with Crippen molar-refractivity contribution < 1.29 is 14.1 Å². The number of anilines is 2. The van der Waals surface area contributed by atoms with Gasteiger partial charge in [-0.1, -0.05) is 29.4 Å². The Hall–Kier alpha value is -3.15. The lowest BCUT2D eigenvalue weighted by Crippen LogP contribution is -2.20. The molecule has 0 atom stereocenters. The molecule has 0 unspecified atom stereocenters. The largest absolute Gasteiger partial charge is 0.491 e. The lowest BCUT2D eigenvalue weighted by atomic mass is 9.98. The van der Waals surface area contributed by atoms with Crippen LogP contribution in [0.1, 0.15) is 11.5 Å². The Morgan fingerprint density at radius 3 is 2.30 bits per heavy atom. The number of amides is 2. The number of urea groups is 1. The molecule has 8 nitrogen and oxygen atoms in total. The summed E-state index contributed by atoms with van der Waals surface area (Å²) in [6, 6.07) is 19.1. The molecule has 0 saturated heterocycles. The molecule has 0 aliphatic rings. The maximum Gasteiger partial charge on any atom is 0.323 e. The van der Waals surface area contributed by atoms with Crippen molar-refractivity contribution in [1.29, 1.82) is 0 Å². The van der Waals surface area contributed by atoms with Gasteiger partial charge < -0.3 is 24.8 Å². The smallest absolute Gasteiger partial charge is 0.323 e. The fraction of sp³-hybridized carbons (Fsp3) is 0.222. The second-order valence-corrected chi connectivity index (χ2v) is 9.78. The number of nitrogens with one attached hydrogen (secondary N) is 2. The molecular weight excluding hydrogens is 605 g/mol. The molecule has 1 heterocycles. The third-order valence-corrected chi connectivity index (χ3v) is 6.34.